The molecule has 2 heterocycles. The molecule has 4 heteroatoms. The average Bonchev–Trinajstić information content (AvgIpc) is 2.91. The standard InChI is InChI=1S/C14H16BrNS2/c1-9-7-17-8-10(9)6-16-12-3-2-4-13-11(12)5-14(15)18-13/h5,7-8,12,16H,2-4,6H2,1H3. The first-order valence-electron chi connectivity index (χ1n) is 6.27. The predicted molar refractivity (Wildman–Crippen MR) is 83.6 cm³/mol. The van der Waals surface area contributed by atoms with E-state index in [0.29, 0.717) is 6.04 Å². The third-order valence-electron chi connectivity index (χ3n) is 3.58. The van der Waals surface area contributed by atoms with Crippen molar-refractivity contribution < 1.29 is 0 Å². The summed E-state index contributed by atoms with van der Waals surface area (Å²) in [4.78, 5) is 1.56. The minimum atomic E-state index is 0.538. The topological polar surface area (TPSA) is 12.0 Å². The molecule has 0 saturated heterocycles. The molecule has 2 aromatic heterocycles. The van der Waals surface area contributed by atoms with Crippen molar-refractivity contribution in [2.24, 2.45) is 0 Å². The number of aryl methyl sites for hydroxylation is 2. The van der Waals surface area contributed by atoms with Crippen molar-refractivity contribution in [3.63, 3.8) is 0 Å². The highest BCUT2D eigenvalue weighted by Crippen LogP contribution is 2.38. The number of hydrogen-bond acceptors (Lipinski definition) is 3. The normalized spacial score (nSPS) is 18.9. The number of thiophene rings is 2. The van der Waals surface area contributed by atoms with Crippen molar-refractivity contribution in [3.8, 4) is 0 Å². The predicted octanol–water partition coefficient (Wildman–Crippen LogP) is 5.05. The van der Waals surface area contributed by atoms with E-state index in [-0.39, 0.29) is 0 Å². The van der Waals surface area contributed by atoms with Crippen LogP contribution >= 0.6 is 38.6 Å². The van der Waals surface area contributed by atoms with Gasteiger partial charge in [-0.1, -0.05) is 0 Å². The highest BCUT2D eigenvalue weighted by Gasteiger charge is 2.22. The minimum Gasteiger partial charge on any atom is -0.306 e. The van der Waals surface area contributed by atoms with Gasteiger partial charge in [0.05, 0.1) is 3.79 Å². The number of rotatable bonds is 3. The third-order valence-corrected chi connectivity index (χ3v) is 6.21. The van der Waals surface area contributed by atoms with Crippen molar-refractivity contribution in [2.75, 3.05) is 0 Å². The highest BCUT2D eigenvalue weighted by atomic mass is 79.9. The molecule has 1 nitrogen and oxygen atoms in total. The Kier molecular flexibility index (Phi) is 3.89. The fraction of sp³-hybridized carbons (Fsp3) is 0.429. The van der Waals surface area contributed by atoms with Gasteiger partial charge >= 0.3 is 0 Å². The minimum absolute atomic E-state index is 0.538. The van der Waals surface area contributed by atoms with Crippen molar-refractivity contribution in [1.82, 2.24) is 5.32 Å². The monoisotopic (exact) mass is 341 g/mol. The van der Waals surface area contributed by atoms with E-state index < -0.39 is 0 Å². The maximum atomic E-state index is 3.73. The van der Waals surface area contributed by atoms with Crippen LogP contribution in [0.1, 0.15) is 40.5 Å². The number of halogens is 1. The Morgan fingerprint density at radius 2 is 2.33 bits per heavy atom. The van der Waals surface area contributed by atoms with Gasteiger partial charge in [0.2, 0.25) is 0 Å². The molecule has 1 aliphatic rings. The molecule has 2 aromatic rings. The van der Waals surface area contributed by atoms with Crippen LogP contribution in [0.4, 0.5) is 0 Å². The molecule has 0 bridgehead atoms. The zero-order chi connectivity index (χ0) is 12.5. The Balaban J connectivity index is 1.73. The van der Waals surface area contributed by atoms with Crippen LogP contribution in [0, 0.1) is 6.92 Å². The Labute approximate surface area is 124 Å². The molecule has 0 saturated carbocycles. The summed E-state index contributed by atoms with van der Waals surface area (Å²) >= 11 is 7.31. The molecule has 0 fully saturated rings. The summed E-state index contributed by atoms with van der Waals surface area (Å²) in [6.45, 7) is 3.19. The Morgan fingerprint density at radius 1 is 1.44 bits per heavy atom. The number of nitrogens with one attached hydrogen (secondary N) is 1. The van der Waals surface area contributed by atoms with E-state index in [9.17, 15) is 0 Å². The Bertz CT molecular complexity index is 544. The lowest BCUT2D eigenvalue weighted by molar-refractivity contribution is 0.463. The molecule has 0 radical (unpaired) electrons. The van der Waals surface area contributed by atoms with Gasteiger partial charge < -0.3 is 5.32 Å². The largest absolute Gasteiger partial charge is 0.306 e. The lowest BCUT2D eigenvalue weighted by Gasteiger charge is -2.23. The average molecular weight is 342 g/mol. The van der Waals surface area contributed by atoms with Crippen LogP contribution in [0.3, 0.4) is 0 Å². The zero-order valence-corrected chi connectivity index (χ0v) is 13.6. The lowest BCUT2D eigenvalue weighted by Crippen LogP contribution is -2.23. The smallest absolute Gasteiger partial charge is 0.0704 e. The molecule has 1 N–H and O–H groups in total. The second-order valence-corrected chi connectivity index (χ2v) is 8.09. The van der Waals surface area contributed by atoms with Gasteiger partial charge in [-0.15, -0.1) is 11.3 Å². The van der Waals surface area contributed by atoms with Gasteiger partial charge in [0.25, 0.3) is 0 Å². The van der Waals surface area contributed by atoms with Gasteiger partial charge in [-0.25, -0.2) is 0 Å². The summed E-state index contributed by atoms with van der Waals surface area (Å²) in [5.41, 5.74) is 4.38. The molecule has 1 aliphatic carbocycles. The molecular formula is C14H16BrNS2. The summed E-state index contributed by atoms with van der Waals surface area (Å²) in [7, 11) is 0. The van der Waals surface area contributed by atoms with Crippen molar-refractivity contribution in [3.05, 3.63) is 42.2 Å². The summed E-state index contributed by atoms with van der Waals surface area (Å²) in [6, 6.07) is 2.84. The van der Waals surface area contributed by atoms with E-state index in [1.807, 2.05) is 11.3 Å². The summed E-state index contributed by atoms with van der Waals surface area (Å²) in [5, 5.41) is 8.21. The molecular weight excluding hydrogens is 326 g/mol. The van der Waals surface area contributed by atoms with Crippen LogP contribution in [0.25, 0.3) is 0 Å². The second kappa shape index (κ2) is 5.45. The molecule has 0 aromatic carbocycles. The zero-order valence-electron chi connectivity index (χ0n) is 10.3. The maximum Gasteiger partial charge on any atom is 0.0704 e. The summed E-state index contributed by atoms with van der Waals surface area (Å²) in [5.74, 6) is 0. The number of hydrogen-bond donors (Lipinski definition) is 1. The fourth-order valence-electron chi connectivity index (χ4n) is 2.53. The molecule has 96 valence electrons. The summed E-state index contributed by atoms with van der Waals surface area (Å²) < 4.78 is 1.27. The third kappa shape index (κ3) is 2.57. The van der Waals surface area contributed by atoms with E-state index >= 15 is 0 Å². The first-order valence-corrected chi connectivity index (χ1v) is 8.82. The molecule has 18 heavy (non-hydrogen) atoms. The second-order valence-electron chi connectivity index (χ2n) is 4.83. The van der Waals surface area contributed by atoms with E-state index in [4.69, 9.17) is 0 Å². The molecule has 1 atom stereocenters. The van der Waals surface area contributed by atoms with Gasteiger partial charge in [-0.05, 0) is 75.6 Å². The van der Waals surface area contributed by atoms with Crippen molar-refractivity contribution >= 4 is 38.6 Å². The van der Waals surface area contributed by atoms with Crippen molar-refractivity contribution in [1.29, 1.82) is 0 Å². The number of fused-ring (bicyclic) bond motifs is 1. The van der Waals surface area contributed by atoms with Crippen LogP contribution in [-0.4, -0.2) is 0 Å². The van der Waals surface area contributed by atoms with Gasteiger partial charge in [0.15, 0.2) is 0 Å². The van der Waals surface area contributed by atoms with Gasteiger partial charge in [0, 0.05) is 17.5 Å². The molecule has 1 unspecified atom stereocenters. The van der Waals surface area contributed by atoms with Gasteiger partial charge in [0.1, 0.15) is 0 Å². The van der Waals surface area contributed by atoms with Crippen LogP contribution in [0.2, 0.25) is 0 Å². The Morgan fingerprint density at radius 3 is 3.11 bits per heavy atom. The van der Waals surface area contributed by atoms with Crippen molar-refractivity contribution in [2.45, 2.75) is 38.8 Å². The summed E-state index contributed by atoms with van der Waals surface area (Å²) in [6.07, 6.45) is 3.82. The fourth-order valence-corrected chi connectivity index (χ4v) is 5.21. The van der Waals surface area contributed by atoms with E-state index in [1.165, 1.54) is 39.7 Å². The lowest BCUT2D eigenvalue weighted by atomic mass is 9.94. The first-order chi connectivity index (χ1) is 8.74. The quantitative estimate of drug-likeness (QED) is 0.823. The van der Waals surface area contributed by atoms with Crippen LogP contribution in [0.15, 0.2) is 20.6 Å². The van der Waals surface area contributed by atoms with E-state index in [0.717, 1.165) is 6.54 Å². The van der Waals surface area contributed by atoms with Gasteiger partial charge in [-0.2, -0.15) is 11.3 Å². The SMILES string of the molecule is Cc1cscc1CNC1CCCc2sc(Br)cc21. The molecule has 0 spiro atoms. The first kappa shape index (κ1) is 12.9. The van der Waals surface area contributed by atoms with Crippen LogP contribution < -0.4 is 5.32 Å². The molecule has 0 amide bonds. The highest BCUT2D eigenvalue weighted by molar-refractivity contribution is 9.11. The van der Waals surface area contributed by atoms with Crippen LogP contribution in [0.5, 0.6) is 0 Å². The molecule has 3 rings (SSSR count). The van der Waals surface area contributed by atoms with Gasteiger partial charge in [-0.3, -0.25) is 0 Å². The molecule has 0 aliphatic heterocycles. The Hall–Kier alpha value is -0.160. The van der Waals surface area contributed by atoms with E-state index in [2.05, 4.69) is 45.0 Å². The van der Waals surface area contributed by atoms with E-state index in [1.54, 1.807) is 16.2 Å². The maximum absolute atomic E-state index is 3.73. The van der Waals surface area contributed by atoms with Crippen LogP contribution in [-0.2, 0) is 13.0 Å².